The number of phenols is 1. The molecule has 2 aliphatic heterocycles. The van der Waals surface area contributed by atoms with Crippen LogP contribution in [0.1, 0.15) is 19.4 Å². The van der Waals surface area contributed by atoms with Crippen LogP contribution >= 0.6 is 0 Å². The largest absolute Gasteiger partial charge is 0.507 e. The first-order chi connectivity index (χ1) is 13.2. The highest BCUT2D eigenvalue weighted by Gasteiger charge is 2.45. The van der Waals surface area contributed by atoms with Crippen LogP contribution in [0, 0.1) is 5.41 Å². The molecule has 1 amide bonds. The van der Waals surface area contributed by atoms with Crippen LogP contribution in [0.2, 0.25) is 0 Å². The highest BCUT2D eigenvalue weighted by molar-refractivity contribution is 5.84. The maximum Gasteiger partial charge on any atom is 0.233 e. The number of carbonyl (C=O) groups is 1. The molecule has 8 heteroatoms. The third kappa shape index (κ3) is 3.73. The van der Waals surface area contributed by atoms with Crippen molar-refractivity contribution in [1.82, 2.24) is 9.80 Å². The van der Waals surface area contributed by atoms with E-state index in [1.807, 2.05) is 23.6 Å². The number of carbonyl (C=O) groups excluding carboxylic acids is 1. The summed E-state index contributed by atoms with van der Waals surface area (Å²) in [5.41, 5.74) is 19.1. The van der Waals surface area contributed by atoms with E-state index in [1.54, 1.807) is 30.3 Å². The molecular weight excluding hydrogens is 358 g/mol. The molecule has 28 heavy (non-hydrogen) atoms. The van der Waals surface area contributed by atoms with Gasteiger partial charge in [-0.15, -0.1) is 0 Å². The molecule has 0 aliphatic carbocycles. The van der Waals surface area contributed by atoms with Crippen LogP contribution in [-0.2, 0) is 9.53 Å². The molecular formula is C20H29N5O3. The van der Waals surface area contributed by atoms with Crippen molar-refractivity contribution >= 4 is 11.6 Å². The molecule has 1 aromatic carbocycles. The Morgan fingerprint density at radius 3 is 2.46 bits per heavy atom. The van der Waals surface area contributed by atoms with Crippen molar-refractivity contribution in [2.45, 2.75) is 19.9 Å². The zero-order valence-corrected chi connectivity index (χ0v) is 16.4. The molecule has 2 fully saturated rings. The molecule has 7 N–H and O–H groups in total. The molecule has 0 aromatic heterocycles. The van der Waals surface area contributed by atoms with E-state index in [1.165, 1.54) is 0 Å². The van der Waals surface area contributed by atoms with Crippen LogP contribution in [0.25, 0.3) is 5.70 Å². The summed E-state index contributed by atoms with van der Waals surface area (Å²) in [6.45, 7) is 6.63. The Labute approximate surface area is 165 Å². The fourth-order valence-corrected chi connectivity index (χ4v) is 3.66. The SMILES string of the molecule is CC1CN(C(/C=C(\N)c2ccccc2O)=C(N)N)CCN1C(=O)C1(C)COC1. The summed E-state index contributed by atoms with van der Waals surface area (Å²) >= 11 is 0. The molecule has 2 saturated heterocycles. The molecule has 1 atom stereocenters. The van der Waals surface area contributed by atoms with Gasteiger partial charge in [0.25, 0.3) is 0 Å². The smallest absolute Gasteiger partial charge is 0.233 e. The van der Waals surface area contributed by atoms with Gasteiger partial charge < -0.3 is 36.8 Å². The number of para-hydroxylation sites is 1. The number of hydrogen-bond acceptors (Lipinski definition) is 7. The van der Waals surface area contributed by atoms with Crippen molar-refractivity contribution in [2.24, 2.45) is 22.6 Å². The van der Waals surface area contributed by atoms with Gasteiger partial charge in [-0.1, -0.05) is 12.1 Å². The summed E-state index contributed by atoms with van der Waals surface area (Å²) in [7, 11) is 0. The standard InChI is InChI=1S/C20H29N5O3/c1-13-10-24(7-8-25(13)19(27)20(2)11-28-12-20)16(18(22)23)9-15(21)14-5-3-4-6-17(14)26/h3-6,9,13,26H,7-8,10-12,21-23H2,1-2H3/b15-9-. The number of allylic oxidation sites excluding steroid dienone is 1. The van der Waals surface area contributed by atoms with E-state index in [-0.39, 0.29) is 23.5 Å². The molecule has 0 radical (unpaired) electrons. The highest BCUT2D eigenvalue weighted by atomic mass is 16.5. The number of amides is 1. The Balaban J connectivity index is 1.76. The number of phenolic OH excluding ortho intramolecular Hbond substituents is 1. The lowest BCUT2D eigenvalue weighted by molar-refractivity contribution is -0.172. The number of aromatic hydroxyl groups is 1. The summed E-state index contributed by atoms with van der Waals surface area (Å²) < 4.78 is 5.23. The zero-order chi connectivity index (χ0) is 20.5. The topological polar surface area (TPSA) is 131 Å². The first-order valence-corrected chi connectivity index (χ1v) is 9.37. The van der Waals surface area contributed by atoms with Gasteiger partial charge in [0.05, 0.1) is 24.3 Å². The van der Waals surface area contributed by atoms with Gasteiger partial charge in [0, 0.05) is 36.9 Å². The molecule has 0 saturated carbocycles. The van der Waals surface area contributed by atoms with Gasteiger partial charge in [0.1, 0.15) is 11.6 Å². The summed E-state index contributed by atoms with van der Waals surface area (Å²) in [5, 5.41) is 10.0. The Kier molecular flexibility index (Phi) is 5.42. The predicted molar refractivity (Wildman–Crippen MR) is 107 cm³/mol. The van der Waals surface area contributed by atoms with Crippen LogP contribution in [0.5, 0.6) is 5.75 Å². The average Bonchev–Trinajstić information content (AvgIpc) is 2.63. The van der Waals surface area contributed by atoms with Crippen molar-refractivity contribution in [3.8, 4) is 5.75 Å². The Morgan fingerprint density at radius 1 is 1.25 bits per heavy atom. The molecule has 8 nitrogen and oxygen atoms in total. The monoisotopic (exact) mass is 387 g/mol. The second-order valence-corrected chi connectivity index (χ2v) is 7.80. The second-order valence-electron chi connectivity index (χ2n) is 7.80. The van der Waals surface area contributed by atoms with E-state index in [0.29, 0.717) is 49.8 Å². The van der Waals surface area contributed by atoms with Crippen LogP contribution in [0.4, 0.5) is 0 Å². The van der Waals surface area contributed by atoms with Crippen molar-refractivity contribution in [3.63, 3.8) is 0 Å². The van der Waals surface area contributed by atoms with Gasteiger partial charge in [-0.25, -0.2) is 0 Å². The minimum atomic E-state index is -0.419. The van der Waals surface area contributed by atoms with Crippen molar-refractivity contribution < 1.29 is 14.6 Å². The molecule has 0 bridgehead atoms. The normalized spacial score (nSPS) is 21.8. The zero-order valence-electron chi connectivity index (χ0n) is 16.4. The van der Waals surface area contributed by atoms with E-state index < -0.39 is 5.41 Å². The minimum Gasteiger partial charge on any atom is -0.507 e. The lowest BCUT2D eigenvalue weighted by Crippen LogP contribution is -2.61. The van der Waals surface area contributed by atoms with Crippen LogP contribution in [-0.4, -0.2) is 59.7 Å². The molecule has 152 valence electrons. The van der Waals surface area contributed by atoms with Crippen LogP contribution in [0.3, 0.4) is 0 Å². The maximum absolute atomic E-state index is 12.8. The van der Waals surface area contributed by atoms with Gasteiger partial charge in [-0.05, 0) is 32.1 Å². The first kappa shape index (κ1) is 19.9. The Hall–Kier alpha value is -2.87. The van der Waals surface area contributed by atoms with E-state index in [9.17, 15) is 9.90 Å². The molecule has 2 aliphatic rings. The number of nitrogens with two attached hydrogens (primary N) is 3. The molecule has 1 unspecified atom stereocenters. The summed E-state index contributed by atoms with van der Waals surface area (Å²) in [6.07, 6.45) is 1.68. The number of piperazine rings is 1. The number of rotatable bonds is 4. The van der Waals surface area contributed by atoms with Crippen molar-refractivity contribution in [2.75, 3.05) is 32.8 Å². The number of ether oxygens (including phenoxy) is 1. The van der Waals surface area contributed by atoms with Crippen molar-refractivity contribution in [1.29, 1.82) is 0 Å². The lowest BCUT2D eigenvalue weighted by atomic mass is 9.86. The quantitative estimate of drug-likeness (QED) is 0.548. The molecule has 2 heterocycles. The summed E-state index contributed by atoms with van der Waals surface area (Å²) in [5.74, 6) is 0.358. The fourth-order valence-electron chi connectivity index (χ4n) is 3.66. The summed E-state index contributed by atoms with van der Waals surface area (Å²) in [4.78, 5) is 16.8. The maximum atomic E-state index is 12.8. The lowest BCUT2D eigenvalue weighted by Gasteiger charge is -2.47. The number of benzene rings is 1. The molecule has 1 aromatic rings. The summed E-state index contributed by atoms with van der Waals surface area (Å²) in [6, 6.07) is 6.82. The third-order valence-electron chi connectivity index (χ3n) is 5.39. The minimum absolute atomic E-state index is 0.00669. The molecule has 3 rings (SSSR count). The second kappa shape index (κ2) is 7.63. The number of nitrogens with zero attached hydrogens (tertiary/aromatic N) is 2. The van der Waals surface area contributed by atoms with E-state index >= 15 is 0 Å². The van der Waals surface area contributed by atoms with E-state index in [4.69, 9.17) is 21.9 Å². The predicted octanol–water partition coefficient (Wildman–Crippen LogP) is 0.348. The Morgan fingerprint density at radius 2 is 1.93 bits per heavy atom. The van der Waals surface area contributed by atoms with Crippen molar-refractivity contribution in [3.05, 3.63) is 47.4 Å². The van der Waals surface area contributed by atoms with Gasteiger partial charge in [0.2, 0.25) is 5.91 Å². The molecule has 0 spiro atoms. The number of hydrogen-bond donors (Lipinski definition) is 4. The van der Waals surface area contributed by atoms with E-state index in [0.717, 1.165) is 0 Å². The van der Waals surface area contributed by atoms with Gasteiger partial charge in [-0.2, -0.15) is 0 Å². The van der Waals surface area contributed by atoms with Crippen LogP contribution in [0.15, 0.2) is 41.9 Å². The first-order valence-electron chi connectivity index (χ1n) is 9.37. The van der Waals surface area contributed by atoms with Crippen LogP contribution < -0.4 is 17.2 Å². The van der Waals surface area contributed by atoms with Gasteiger partial charge in [0.15, 0.2) is 0 Å². The third-order valence-corrected chi connectivity index (χ3v) is 5.39. The van der Waals surface area contributed by atoms with E-state index in [2.05, 4.69) is 0 Å². The Bertz CT molecular complexity index is 812. The highest BCUT2D eigenvalue weighted by Crippen LogP contribution is 2.31. The van der Waals surface area contributed by atoms with Gasteiger partial charge >= 0.3 is 0 Å². The fraction of sp³-hybridized carbons (Fsp3) is 0.450. The van der Waals surface area contributed by atoms with Gasteiger partial charge in [-0.3, -0.25) is 4.79 Å². The average molecular weight is 387 g/mol.